The fourth-order valence-corrected chi connectivity index (χ4v) is 1.19. The topological polar surface area (TPSA) is 0 Å². The molecule has 0 atom stereocenters. The maximum absolute atomic E-state index is 3.73. The highest BCUT2D eigenvalue weighted by molar-refractivity contribution is 7.76. The summed E-state index contributed by atoms with van der Waals surface area (Å²) >= 11 is 1.55. The van der Waals surface area contributed by atoms with Crippen LogP contribution in [0.2, 0.25) is 0 Å². The van der Waals surface area contributed by atoms with Gasteiger partial charge in [0.05, 0.1) is 0 Å². The van der Waals surface area contributed by atoms with E-state index in [1.54, 1.807) is 11.4 Å². The molecule has 1 heteroatoms. The third kappa shape index (κ3) is 1.36. The molecule has 1 aromatic rings. The zero-order valence-electron chi connectivity index (χ0n) is 5.42. The van der Waals surface area contributed by atoms with Crippen molar-refractivity contribution in [2.75, 3.05) is 0 Å². The molecule has 1 aromatic carbocycles. The standard InChI is InChI=1S/C8H9S/c1-7-5-3-4-6-8(7)9-2/h3-6H,2H2,1H3/q+1. The number of hydrogen-bond donors (Lipinski definition) is 0. The van der Waals surface area contributed by atoms with Gasteiger partial charge in [-0.2, -0.15) is 0 Å². The molecule has 0 bridgehead atoms. The second-order valence-electron chi connectivity index (χ2n) is 1.91. The van der Waals surface area contributed by atoms with E-state index in [9.17, 15) is 0 Å². The van der Waals surface area contributed by atoms with Gasteiger partial charge in [-0.15, -0.1) is 0 Å². The first kappa shape index (κ1) is 6.43. The van der Waals surface area contributed by atoms with Crippen LogP contribution in [-0.2, 0) is 11.4 Å². The average Bonchev–Trinajstić information content (AvgIpc) is 1.89. The highest BCUT2D eigenvalue weighted by Gasteiger charge is 2.00. The fourth-order valence-electron chi connectivity index (χ4n) is 0.718. The fraction of sp³-hybridized carbons (Fsp3) is 0.125. The molecule has 0 aliphatic heterocycles. The Kier molecular flexibility index (Phi) is 1.96. The van der Waals surface area contributed by atoms with Gasteiger partial charge < -0.3 is 0 Å². The third-order valence-electron chi connectivity index (χ3n) is 1.25. The molecule has 0 amide bonds. The van der Waals surface area contributed by atoms with Gasteiger partial charge in [0, 0.05) is 11.6 Å². The van der Waals surface area contributed by atoms with E-state index < -0.39 is 0 Å². The number of hydrogen-bond acceptors (Lipinski definition) is 0. The molecule has 0 heterocycles. The maximum atomic E-state index is 3.73. The minimum absolute atomic E-state index is 1.26. The Balaban J connectivity index is 3.15. The van der Waals surface area contributed by atoms with Crippen LogP contribution in [0.5, 0.6) is 0 Å². The van der Waals surface area contributed by atoms with Crippen molar-refractivity contribution in [1.82, 2.24) is 0 Å². The molecule has 0 aliphatic rings. The van der Waals surface area contributed by atoms with Crippen molar-refractivity contribution < 1.29 is 0 Å². The Labute approximate surface area is 59.5 Å². The minimum Gasteiger partial charge on any atom is -0.0616 e. The van der Waals surface area contributed by atoms with E-state index in [4.69, 9.17) is 0 Å². The van der Waals surface area contributed by atoms with Gasteiger partial charge in [0.2, 0.25) is 16.2 Å². The molecule has 0 fully saturated rings. The molecule has 0 N–H and O–H groups in total. The first-order valence-corrected chi connectivity index (χ1v) is 3.81. The molecule has 0 radical (unpaired) electrons. The van der Waals surface area contributed by atoms with Crippen LogP contribution in [0, 0.1) is 6.92 Å². The van der Waals surface area contributed by atoms with Gasteiger partial charge in [-0.3, -0.25) is 0 Å². The predicted molar refractivity (Wildman–Crippen MR) is 43.9 cm³/mol. The van der Waals surface area contributed by atoms with Gasteiger partial charge >= 0.3 is 0 Å². The third-order valence-corrected chi connectivity index (χ3v) is 2.02. The van der Waals surface area contributed by atoms with Gasteiger partial charge in [0.25, 0.3) is 0 Å². The van der Waals surface area contributed by atoms with Gasteiger partial charge in [-0.25, -0.2) is 0 Å². The van der Waals surface area contributed by atoms with Crippen LogP contribution in [0.15, 0.2) is 29.2 Å². The summed E-state index contributed by atoms with van der Waals surface area (Å²) in [4.78, 5) is 1.26. The summed E-state index contributed by atoms with van der Waals surface area (Å²) in [6, 6.07) is 8.23. The second kappa shape index (κ2) is 2.74. The van der Waals surface area contributed by atoms with E-state index in [1.165, 1.54) is 10.5 Å². The molecule has 9 heavy (non-hydrogen) atoms. The van der Waals surface area contributed by atoms with Crippen molar-refractivity contribution in [1.29, 1.82) is 0 Å². The van der Waals surface area contributed by atoms with E-state index in [1.807, 2.05) is 12.1 Å². The van der Waals surface area contributed by atoms with Crippen LogP contribution in [0.25, 0.3) is 0 Å². The van der Waals surface area contributed by atoms with Crippen LogP contribution in [0.4, 0.5) is 0 Å². The SMILES string of the molecule is C=[S+]c1ccccc1C. The van der Waals surface area contributed by atoms with E-state index in [0.717, 1.165) is 0 Å². The van der Waals surface area contributed by atoms with Crippen molar-refractivity contribution in [3.8, 4) is 0 Å². The summed E-state index contributed by atoms with van der Waals surface area (Å²) in [6.45, 7) is 2.09. The Morgan fingerprint density at radius 3 is 2.44 bits per heavy atom. The maximum Gasteiger partial charge on any atom is 0.232 e. The molecule has 0 saturated heterocycles. The number of benzene rings is 1. The second-order valence-corrected chi connectivity index (χ2v) is 2.64. The molecular weight excluding hydrogens is 128 g/mol. The van der Waals surface area contributed by atoms with E-state index in [2.05, 4.69) is 24.9 Å². The highest BCUT2D eigenvalue weighted by atomic mass is 32.1. The molecule has 0 aliphatic carbocycles. The lowest BCUT2D eigenvalue weighted by Gasteiger charge is -1.84. The molecule has 0 saturated carbocycles. The normalized spacial score (nSPS) is 9.00. The van der Waals surface area contributed by atoms with Crippen LogP contribution in [-0.4, -0.2) is 5.87 Å². The van der Waals surface area contributed by atoms with E-state index in [-0.39, 0.29) is 0 Å². The Morgan fingerprint density at radius 2 is 2.00 bits per heavy atom. The van der Waals surface area contributed by atoms with E-state index in [0.29, 0.717) is 0 Å². The zero-order chi connectivity index (χ0) is 6.69. The summed E-state index contributed by atoms with van der Waals surface area (Å²) in [5.41, 5.74) is 1.30. The van der Waals surface area contributed by atoms with Crippen molar-refractivity contribution in [2.45, 2.75) is 11.8 Å². The lowest BCUT2D eigenvalue weighted by Crippen LogP contribution is -1.77. The summed E-state index contributed by atoms with van der Waals surface area (Å²) in [5.74, 6) is 3.73. The van der Waals surface area contributed by atoms with Crippen molar-refractivity contribution >= 4 is 17.2 Å². The molecule has 0 aromatic heterocycles. The highest BCUT2D eigenvalue weighted by Crippen LogP contribution is 2.04. The van der Waals surface area contributed by atoms with Crippen LogP contribution < -0.4 is 0 Å². The lowest BCUT2D eigenvalue weighted by atomic mass is 10.2. The molecule has 1 rings (SSSR count). The van der Waals surface area contributed by atoms with E-state index >= 15 is 0 Å². The van der Waals surface area contributed by atoms with Crippen LogP contribution >= 0.6 is 0 Å². The smallest absolute Gasteiger partial charge is 0.0616 e. The molecule has 0 nitrogen and oxygen atoms in total. The monoisotopic (exact) mass is 137 g/mol. The molecule has 46 valence electrons. The Morgan fingerprint density at radius 1 is 1.33 bits per heavy atom. The van der Waals surface area contributed by atoms with Gasteiger partial charge in [-0.1, -0.05) is 18.2 Å². The summed E-state index contributed by atoms with van der Waals surface area (Å²) < 4.78 is 0. The summed E-state index contributed by atoms with van der Waals surface area (Å²) in [6.07, 6.45) is 0. The lowest BCUT2D eigenvalue weighted by molar-refractivity contribution is 1.31. The largest absolute Gasteiger partial charge is 0.232 e. The zero-order valence-corrected chi connectivity index (χ0v) is 6.24. The first-order chi connectivity index (χ1) is 4.34. The summed E-state index contributed by atoms with van der Waals surface area (Å²) in [5, 5.41) is 0. The van der Waals surface area contributed by atoms with Crippen LogP contribution in [0.1, 0.15) is 5.56 Å². The minimum atomic E-state index is 1.26. The first-order valence-electron chi connectivity index (χ1n) is 2.82. The number of aryl methyl sites for hydroxylation is 1. The predicted octanol–water partition coefficient (Wildman–Crippen LogP) is 1.87. The van der Waals surface area contributed by atoms with Gasteiger partial charge in [0.1, 0.15) is 0 Å². The quantitative estimate of drug-likeness (QED) is 0.409. The van der Waals surface area contributed by atoms with Crippen molar-refractivity contribution in [3.05, 3.63) is 29.8 Å². The van der Waals surface area contributed by atoms with Crippen molar-refractivity contribution in [3.63, 3.8) is 0 Å². The van der Waals surface area contributed by atoms with Gasteiger partial charge in [0.15, 0.2) is 5.87 Å². The Bertz CT molecular complexity index is 216. The number of rotatable bonds is 1. The van der Waals surface area contributed by atoms with Gasteiger partial charge in [-0.05, 0) is 6.92 Å². The average molecular weight is 137 g/mol. The van der Waals surface area contributed by atoms with Crippen molar-refractivity contribution in [2.24, 2.45) is 0 Å². The van der Waals surface area contributed by atoms with Crippen LogP contribution in [0.3, 0.4) is 0 Å². The molecular formula is C8H9S+. The molecule has 0 unspecified atom stereocenters. The Hall–Kier alpha value is -0.690. The molecule has 0 spiro atoms. The summed E-state index contributed by atoms with van der Waals surface area (Å²) in [7, 11) is 0.